The average Bonchev–Trinajstić information content (AvgIpc) is 2.64. The van der Waals surface area contributed by atoms with Crippen molar-refractivity contribution in [3.63, 3.8) is 0 Å². The van der Waals surface area contributed by atoms with E-state index in [-0.39, 0.29) is 0 Å². The van der Waals surface area contributed by atoms with E-state index in [0.717, 1.165) is 12.8 Å². The number of hydrogen-bond donors (Lipinski definition) is 4. The Morgan fingerprint density at radius 2 is 1.22 bits per heavy atom. The Hall–Kier alpha value is -1.40. The first-order chi connectivity index (χ1) is 13.0. The Labute approximate surface area is 164 Å². The summed E-state index contributed by atoms with van der Waals surface area (Å²) in [5.74, 6) is -2.06. The van der Waals surface area contributed by atoms with Gasteiger partial charge >= 0.3 is 11.9 Å². The molecular formula is C21H40O6. The third kappa shape index (κ3) is 26.9. The first-order valence-corrected chi connectivity index (χ1v) is 10.3. The van der Waals surface area contributed by atoms with Crippen LogP contribution in [0.15, 0.2) is 12.2 Å². The molecule has 0 rings (SSSR count). The van der Waals surface area contributed by atoms with E-state index < -0.39 is 24.6 Å². The number of aliphatic hydroxyl groups excluding tert-OH is 2. The lowest BCUT2D eigenvalue weighted by atomic mass is 10.1. The van der Waals surface area contributed by atoms with Crippen molar-refractivity contribution in [2.75, 3.05) is 6.61 Å². The molecule has 0 spiro atoms. The van der Waals surface area contributed by atoms with Gasteiger partial charge in [0.2, 0.25) is 0 Å². The number of unbranched alkanes of at least 4 members (excludes halogenated alkanes) is 11. The van der Waals surface area contributed by atoms with Gasteiger partial charge in [-0.3, -0.25) is 4.79 Å². The summed E-state index contributed by atoms with van der Waals surface area (Å²) in [5, 5.41) is 32.2. The maximum Gasteiger partial charge on any atom is 0.334 e. The lowest BCUT2D eigenvalue weighted by Gasteiger charge is -1.99. The third-order valence-corrected chi connectivity index (χ3v) is 4.11. The molecule has 0 aromatic carbocycles. The van der Waals surface area contributed by atoms with E-state index in [9.17, 15) is 9.59 Å². The van der Waals surface area contributed by atoms with Crippen LogP contribution in [0.4, 0.5) is 0 Å². The van der Waals surface area contributed by atoms with E-state index in [2.05, 4.69) is 19.1 Å². The second kappa shape index (κ2) is 22.6. The Morgan fingerprint density at radius 3 is 1.59 bits per heavy atom. The van der Waals surface area contributed by atoms with E-state index in [0.29, 0.717) is 6.42 Å². The zero-order valence-electron chi connectivity index (χ0n) is 16.9. The zero-order valence-corrected chi connectivity index (χ0v) is 16.9. The molecule has 0 fully saturated rings. The van der Waals surface area contributed by atoms with Crippen LogP contribution in [0, 0.1) is 0 Å². The summed E-state index contributed by atoms with van der Waals surface area (Å²) in [6.07, 6.45) is 19.6. The van der Waals surface area contributed by atoms with Crippen LogP contribution < -0.4 is 0 Å². The van der Waals surface area contributed by atoms with E-state index in [1.807, 2.05) is 0 Å². The predicted octanol–water partition coefficient (Wildman–Crippen LogP) is 4.53. The van der Waals surface area contributed by atoms with Crippen molar-refractivity contribution in [2.24, 2.45) is 0 Å². The SMILES string of the molecule is CCCCCCCC/C=C\CCCCCCCC(=O)O.O=C(O)C(O)CO. The van der Waals surface area contributed by atoms with Crippen LogP contribution in [0.5, 0.6) is 0 Å². The van der Waals surface area contributed by atoms with Crippen molar-refractivity contribution >= 4 is 11.9 Å². The fourth-order valence-electron chi connectivity index (χ4n) is 2.43. The van der Waals surface area contributed by atoms with Crippen molar-refractivity contribution < 1.29 is 30.0 Å². The van der Waals surface area contributed by atoms with E-state index in [4.69, 9.17) is 20.4 Å². The number of carboxylic acids is 2. The monoisotopic (exact) mass is 388 g/mol. The Balaban J connectivity index is 0. The molecule has 6 heteroatoms. The molecule has 4 N–H and O–H groups in total. The number of allylic oxidation sites excluding steroid dienone is 2. The number of carboxylic acid groups (broad SMARTS) is 2. The molecule has 1 unspecified atom stereocenters. The molecule has 0 radical (unpaired) electrons. The molecule has 0 amide bonds. The third-order valence-electron chi connectivity index (χ3n) is 4.11. The highest BCUT2D eigenvalue weighted by Crippen LogP contribution is 2.09. The smallest absolute Gasteiger partial charge is 0.334 e. The average molecular weight is 389 g/mol. The fourth-order valence-corrected chi connectivity index (χ4v) is 2.43. The van der Waals surface area contributed by atoms with Crippen LogP contribution in [-0.4, -0.2) is 45.1 Å². The summed E-state index contributed by atoms with van der Waals surface area (Å²) in [6.45, 7) is 1.53. The molecule has 0 bridgehead atoms. The fraction of sp³-hybridized carbons (Fsp3) is 0.810. The van der Waals surface area contributed by atoms with Gasteiger partial charge in [0.1, 0.15) is 0 Å². The van der Waals surface area contributed by atoms with Gasteiger partial charge in [0.15, 0.2) is 6.10 Å². The van der Waals surface area contributed by atoms with Crippen LogP contribution in [0.25, 0.3) is 0 Å². The molecule has 0 heterocycles. The van der Waals surface area contributed by atoms with Gasteiger partial charge in [0.25, 0.3) is 0 Å². The second-order valence-electron chi connectivity index (χ2n) is 6.76. The molecule has 160 valence electrons. The maximum atomic E-state index is 10.3. The highest BCUT2D eigenvalue weighted by molar-refractivity contribution is 5.71. The van der Waals surface area contributed by atoms with Gasteiger partial charge in [-0.2, -0.15) is 0 Å². The summed E-state index contributed by atoms with van der Waals surface area (Å²) < 4.78 is 0. The minimum atomic E-state index is -1.63. The Kier molecular flexibility index (Phi) is 23.3. The quantitative estimate of drug-likeness (QED) is 0.215. The molecule has 0 aliphatic rings. The number of carbonyl (C=O) groups is 2. The van der Waals surface area contributed by atoms with Gasteiger partial charge in [-0.1, -0.05) is 70.4 Å². The summed E-state index contributed by atoms with van der Waals surface area (Å²) >= 11 is 0. The highest BCUT2D eigenvalue weighted by Gasteiger charge is 2.08. The van der Waals surface area contributed by atoms with Crippen molar-refractivity contribution in [1.29, 1.82) is 0 Å². The molecule has 0 saturated carbocycles. The highest BCUT2D eigenvalue weighted by atomic mass is 16.4. The molecule has 0 aromatic heterocycles. The minimum absolute atomic E-state index is 0.332. The number of rotatable bonds is 17. The molecule has 6 nitrogen and oxygen atoms in total. The van der Waals surface area contributed by atoms with Crippen LogP contribution in [0.3, 0.4) is 0 Å². The summed E-state index contributed by atoms with van der Waals surface area (Å²) in [5.41, 5.74) is 0. The van der Waals surface area contributed by atoms with Crippen LogP contribution in [0.2, 0.25) is 0 Å². The van der Waals surface area contributed by atoms with Gasteiger partial charge in [-0.15, -0.1) is 0 Å². The van der Waals surface area contributed by atoms with Crippen molar-refractivity contribution in [1.82, 2.24) is 0 Å². The van der Waals surface area contributed by atoms with Crippen LogP contribution in [-0.2, 0) is 9.59 Å². The lowest BCUT2D eigenvalue weighted by molar-refractivity contribution is -0.148. The van der Waals surface area contributed by atoms with Gasteiger partial charge in [-0.25, -0.2) is 4.79 Å². The molecule has 0 aromatic rings. The summed E-state index contributed by atoms with van der Waals surface area (Å²) in [7, 11) is 0. The first kappa shape index (κ1) is 27.8. The second-order valence-corrected chi connectivity index (χ2v) is 6.76. The van der Waals surface area contributed by atoms with Crippen LogP contribution >= 0.6 is 0 Å². The molecule has 0 aliphatic carbocycles. The lowest BCUT2D eigenvalue weighted by Crippen LogP contribution is -2.22. The Morgan fingerprint density at radius 1 is 0.778 bits per heavy atom. The Bertz CT molecular complexity index is 368. The van der Waals surface area contributed by atoms with Gasteiger partial charge in [-0.05, 0) is 32.1 Å². The molecular weight excluding hydrogens is 348 g/mol. The summed E-state index contributed by atoms with van der Waals surface area (Å²) in [6, 6.07) is 0. The van der Waals surface area contributed by atoms with Crippen molar-refractivity contribution in [2.45, 2.75) is 103 Å². The predicted molar refractivity (Wildman–Crippen MR) is 108 cm³/mol. The molecule has 27 heavy (non-hydrogen) atoms. The maximum absolute atomic E-state index is 10.3. The van der Waals surface area contributed by atoms with Gasteiger partial charge in [0, 0.05) is 6.42 Å². The number of aliphatic carboxylic acids is 2. The largest absolute Gasteiger partial charge is 0.481 e. The van der Waals surface area contributed by atoms with E-state index >= 15 is 0 Å². The normalized spacial score (nSPS) is 11.8. The first-order valence-electron chi connectivity index (χ1n) is 10.3. The molecule has 1 atom stereocenters. The topological polar surface area (TPSA) is 115 Å². The molecule has 0 aliphatic heterocycles. The number of aliphatic hydroxyl groups is 2. The van der Waals surface area contributed by atoms with Gasteiger partial charge in [0.05, 0.1) is 6.61 Å². The zero-order chi connectivity index (χ0) is 20.8. The molecule has 0 saturated heterocycles. The standard InChI is InChI=1S/C18H34O2.C3H6O4/c1-2-3-4-5-6-7-8-9-10-11-12-13-14-15-16-17-18(19)20;4-1-2(5)3(6)7/h9-10H,2-8,11-17H2,1H3,(H,19,20);2,4-5H,1H2,(H,6,7)/b10-9-;. The van der Waals surface area contributed by atoms with Gasteiger partial charge < -0.3 is 20.4 Å². The van der Waals surface area contributed by atoms with Crippen LogP contribution in [0.1, 0.15) is 96.8 Å². The van der Waals surface area contributed by atoms with Crippen molar-refractivity contribution in [3.8, 4) is 0 Å². The summed E-state index contributed by atoms with van der Waals surface area (Å²) in [4.78, 5) is 19.8. The van der Waals surface area contributed by atoms with E-state index in [1.54, 1.807) is 0 Å². The van der Waals surface area contributed by atoms with Crippen molar-refractivity contribution in [3.05, 3.63) is 12.2 Å². The number of hydrogen-bond acceptors (Lipinski definition) is 4. The minimum Gasteiger partial charge on any atom is -0.481 e. The van der Waals surface area contributed by atoms with E-state index in [1.165, 1.54) is 70.6 Å².